The topological polar surface area (TPSA) is 63.8 Å². The van der Waals surface area contributed by atoms with Crippen LogP contribution in [0.15, 0.2) is 47.2 Å². The molecule has 0 unspecified atom stereocenters. The van der Waals surface area contributed by atoms with Crippen LogP contribution in [0.25, 0.3) is 10.9 Å². The van der Waals surface area contributed by atoms with Gasteiger partial charge in [-0.3, -0.25) is 0 Å². The van der Waals surface area contributed by atoms with Crippen molar-refractivity contribution >= 4 is 44.0 Å². The van der Waals surface area contributed by atoms with Gasteiger partial charge in [-0.05, 0) is 46.3 Å². The minimum atomic E-state index is -0.366. The number of nitrogen functional groups attached to an aromatic ring is 1. The molecule has 6 heteroatoms. The highest BCUT2D eigenvalue weighted by molar-refractivity contribution is 9.10. The van der Waals surface area contributed by atoms with Crippen LogP contribution in [-0.2, 0) is 0 Å². The summed E-state index contributed by atoms with van der Waals surface area (Å²) in [6.45, 7) is 0. The number of benzene rings is 2. The van der Waals surface area contributed by atoms with Crippen molar-refractivity contribution in [3.63, 3.8) is 0 Å². The summed E-state index contributed by atoms with van der Waals surface area (Å²) < 4.78 is 14.5. The highest BCUT2D eigenvalue weighted by Gasteiger charge is 2.10. The standard InChI is InChI=1S/C14H10BrFN4/c15-10-2-1-3-11(16)13(10)20-14-9-6-8(17)4-5-12(9)18-7-19-14/h1-7H,17H2,(H,18,19,20). The molecule has 0 spiro atoms. The zero-order valence-corrected chi connectivity index (χ0v) is 11.9. The van der Waals surface area contributed by atoms with Gasteiger partial charge in [-0.15, -0.1) is 0 Å². The third-order valence-corrected chi connectivity index (χ3v) is 3.53. The van der Waals surface area contributed by atoms with Crippen molar-refractivity contribution in [1.29, 1.82) is 0 Å². The highest BCUT2D eigenvalue weighted by atomic mass is 79.9. The molecule has 1 aromatic heterocycles. The fraction of sp³-hybridized carbons (Fsp3) is 0. The van der Waals surface area contributed by atoms with Crippen LogP contribution in [-0.4, -0.2) is 9.97 Å². The van der Waals surface area contributed by atoms with E-state index in [9.17, 15) is 4.39 Å². The van der Waals surface area contributed by atoms with Gasteiger partial charge < -0.3 is 11.1 Å². The third-order valence-electron chi connectivity index (χ3n) is 2.87. The Hall–Kier alpha value is -2.21. The van der Waals surface area contributed by atoms with Gasteiger partial charge in [-0.2, -0.15) is 0 Å². The van der Waals surface area contributed by atoms with E-state index in [4.69, 9.17) is 5.73 Å². The van der Waals surface area contributed by atoms with Gasteiger partial charge in [0.15, 0.2) is 0 Å². The van der Waals surface area contributed by atoms with Gasteiger partial charge in [0, 0.05) is 15.5 Å². The molecule has 20 heavy (non-hydrogen) atoms. The lowest BCUT2D eigenvalue weighted by atomic mass is 10.2. The largest absolute Gasteiger partial charge is 0.399 e. The Kier molecular flexibility index (Phi) is 3.23. The maximum Gasteiger partial charge on any atom is 0.147 e. The Balaban J connectivity index is 2.13. The summed E-state index contributed by atoms with van der Waals surface area (Å²) in [4.78, 5) is 8.32. The van der Waals surface area contributed by atoms with Crippen LogP contribution in [0.5, 0.6) is 0 Å². The molecule has 3 N–H and O–H groups in total. The number of hydrogen-bond donors (Lipinski definition) is 2. The smallest absolute Gasteiger partial charge is 0.147 e. The van der Waals surface area contributed by atoms with Crippen molar-refractivity contribution in [1.82, 2.24) is 9.97 Å². The number of fused-ring (bicyclic) bond motifs is 1. The molecule has 0 aliphatic carbocycles. The fourth-order valence-electron chi connectivity index (χ4n) is 1.91. The number of hydrogen-bond acceptors (Lipinski definition) is 4. The van der Waals surface area contributed by atoms with E-state index in [2.05, 4.69) is 31.2 Å². The van der Waals surface area contributed by atoms with Gasteiger partial charge in [0.2, 0.25) is 0 Å². The number of nitrogens with two attached hydrogens (primary N) is 1. The number of halogens is 2. The second kappa shape index (κ2) is 5.05. The van der Waals surface area contributed by atoms with Gasteiger partial charge in [0.25, 0.3) is 0 Å². The number of para-hydroxylation sites is 1. The molecule has 0 aliphatic rings. The van der Waals surface area contributed by atoms with E-state index < -0.39 is 0 Å². The maximum atomic E-state index is 13.9. The third kappa shape index (κ3) is 2.30. The SMILES string of the molecule is Nc1ccc2ncnc(Nc3c(F)cccc3Br)c2c1. The predicted octanol–water partition coefficient (Wildman–Crippen LogP) is 3.86. The summed E-state index contributed by atoms with van der Waals surface area (Å²) in [7, 11) is 0. The first-order chi connectivity index (χ1) is 9.65. The molecule has 0 saturated heterocycles. The molecular weight excluding hydrogens is 323 g/mol. The lowest BCUT2D eigenvalue weighted by molar-refractivity contribution is 0.631. The summed E-state index contributed by atoms with van der Waals surface area (Å²) in [5.41, 5.74) is 7.45. The molecule has 0 fully saturated rings. The number of aromatic nitrogens is 2. The zero-order valence-electron chi connectivity index (χ0n) is 10.3. The van der Waals surface area contributed by atoms with E-state index in [1.165, 1.54) is 12.4 Å². The summed E-state index contributed by atoms with van der Waals surface area (Å²) in [6, 6.07) is 10.1. The molecule has 0 amide bonds. The number of nitrogens with zero attached hydrogens (tertiary/aromatic N) is 2. The van der Waals surface area contributed by atoms with E-state index >= 15 is 0 Å². The van der Waals surface area contributed by atoms with E-state index in [1.807, 2.05) is 0 Å². The lowest BCUT2D eigenvalue weighted by Crippen LogP contribution is -1.99. The summed E-state index contributed by atoms with van der Waals surface area (Å²) in [6.07, 6.45) is 1.43. The van der Waals surface area contributed by atoms with Gasteiger partial charge >= 0.3 is 0 Å². The molecule has 0 bridgehead atoms. The van der Waals surface area contributed by atoms with Crippen molar-refractivity contribution < 1.29 is 4.39 Å². The van der Waals surface area contributed by atoms with Crippen molar-refractivity contribution in [3.8, 4) is 0 Å². The van der Waals surface area contributed by atoms with Crippen molar-refractivity contribution in [3.05, 3.63) is 53.0 Å². The van der Waals surface area contributed by atoms with Gasteiger partial charge in [-0.1, -0.05) is 6.07 Å². The molecule has 2 aromatic carbocycles. The average molecular weight is 333 g/mol. The molecule has 0 radical (unpaired) electrons. The molecule has 100 valence electrons. The Labute approximate surface area is 123 Å². The minimum Gasteiger partial charge on any atom is -0.399 e. The van der Waals surface area contributed by atoms with Crippen molar-refractivity contribution in [2.24, 2.45) is 0 Å². The summed E-state index contributed by atoms with van der Waals surface area (Å²) >= 11 is 3.31. The second-order valence-electron chi connectivity index (χ2n) is 4.22. The van der Waals surface area contributed by atoms with E-state index in [0.717, 1.165) is 10.9 Å². The van der Waals surface area contributed by atoms with Crippen LogP contribution < -0.4 is 11.1 Å². The molecule has 3 aromatic rings. The molecule has 4 nitrogen and oxygen atoms in total. The monoisotopic (exact) mass is 332 g/mol. The van der Waals surface area contributed by atoms with Crippen LogP contribution in [0.3, 0.4) is 0 Å². The number of rotatable bonds is 2. The molecule has 0 atom stereocenters. The van der Waals surface area contributed by atoms with Crippen LogP contribution in [0, 0.1) is 5.82 Å². The molecular formula is C14H10BrFN4. The molecule has 3 rings (SSSR count). The molecule has 1 heterocycles. The first-order valence-corrected chi connectivity index (χ1v) is 6.66. The second-order valence-corrected chi connectivity index (χ2v) is 5.07. The first-order valence-electron chi connectivity index (χ1n) is 5.86. The predicted molar refractivity (Wildman–Crippen MR) is 81.3 cm³/mol. The Bertz CT molecular complexity index is 771. The van der Waals surface area contributed by atoms with E-state index in [-0.39, 0.29) is 5.82 Å². The van der Waals surface area contributed by atoms with Gasteiger partial charge in [-0.25, -0.2) is 14.4 Å². The van der Waals surface area contributed by atoms with Gasteiger partial charge in [0.05, 0.1) is 11.2 Å². The summed E-state index contributed by atoms with van der Waals surface area (Å²) in [5, 5.41) is 3.72. The van der Waals surface area contributed by atoms with E-state index in [1.54, 1.807) is 30.3 Å². The summed E-state index contributed by atoms with van der Waals surface area (Å²) in [5.74, 6) is 0.142. The molecule has 0 aliphatic heterocycles. The average Bonchev–Trinajstić information content (AvgIpc) is 2.43. The normalized spacial score (nSPS) is 10.7. The van der Waals surface area contributed by atoms with E-state index in [0.29, 0.717) is 21.7 Å². The van der Waals surface area contributed by atoms with Gasteiger partial charge in [0.1, 0.15) is 18.0 Å². The molecule has 0 saturated carbocycles. The number of nitrogens with one attached hydrogen (secondary N) is 1. The van der Waals surface area contributed by atoms with Crippen molar-refractivity contribution in [2.45, 2.75) is 0 Å². The fourth-order valence-corrected chi connectivity index (χ4v) is 2.35. The van der Waals surface area contributed by atoms with Crippen molar-refractivity contribution in [2.75, 3.05) is 11.1 Å². The Morgan fingerprint density at radius 2 is 2.00 bits per heavy atom. The maximum absolute atomic E-state index is 13.9. The lowest BCUT2D eigenvalue weighted by Gasteiger charge is -2.11. The first kappa shape index (κ1) is 12.8. The minimum absolute atomic E-state index is 0.329. The number of anilines is 3. The van der Waals surface area contributed by atoms with Crippen LogP contribution in [0.2, 0.25) is 0 Å². The highest BCUT2D eigenvalue weighted by Crippen LogP contribution is 2.30. The zero-order chi connectivity index (χ0) is 14.1. The van der Waals surface area contributed by atoms with Crippen LogP contribution in [0.1, 0.15) is 0 Å². The van der Waals surface area contributed by atoms with Crippen LogP contribution in [0.4, 0.5) is 21.6 Å². The Morgan fingerprint density at radius 1 is 1.15 bits per heavy atom. The quantitative estimate of drug-likeness (QED) is 0.699. The van der Waals surface area contributed by atoms with Crippen LogP contribution >= 0.6 is 15.9 Å². The Morgan fingerprint density at radius 3 is 2.80 bits per heavy atom.